The highest BCUT2D eigenvalue weighted by Crippen LogP contribution is 2.13. The molecule has 0 aliphatic carbocycles. The minimum absolute atomic E-state index is 0.249. The van der Waals surface area contributed by atoms with Gasteiger partial charge in [-0.05, 0) is 38.5 Å². The first-order valence-electron chi connectivity index (χ1n) is 10.5. The van der Waals surface area contributed by atoms with Crippen molar-refractivity contribution in [1.29, 1.82) is 0 Å². The van der Waals surface area contributed by atoms with Crippen molar-refractivity contribution in [1.82, 2.24) is 0 Å². The number of rotatable bonds is 19. The van der Waals surface area contributed by atoms with Crippen molar-refractivity contribution in [3.05, 3.63) is 12.2 Å². The fourth-order valence-corrected chi connectivity index (χ4v) is 3.43. The lowest BCUT2D eigenvalue weighted by molar-refractivity contribution is -0.907. The predicted molar refractivity (Wildman–Crippen MR) is 108 cm³/mol. The molecule has 0 saturated carbocycles. The first kappa shape index (κ1) is 26.1. The van der Waals surface area contributed by atoms with E-state index in [9.17, 15) is 14.4 Å². The molecule has 7 heteroatoms. The summed E-state index contributed by atoms with van der Waals surface area (Å²) in [6.45, 7) is 1.00. The third-order valence-corrected chi connectivity index (χ3v) is 4.81. The summed E-state index contributed by atoms with van der Waals surface area (Å²) in [5.41, 5.74) is 0. The number of allylic oxidation sites excluding steroid dienone is 2. The molecule has 0 amide bonds. The summed E-state index contributed by atoms with van der Waals surface area (Å²) in [6, 6.07) is 0. The van der Waals surface area contributed by atoms with Crippen molar-refractivity contribution in [2.45, 2.75) is 77.6 Å². The Morgan fingerprint density at radius 1 is 0.643 bits per heavy atom. The number of carbonyl (C=O) groups is 3. The number of carboxylic acid groups (broad SMARTS) is 3. The first-order chi connectivity index (χ1) is 13.3. The minimum atomic E-state index is -1.18. The molecule has 0 heterocycles. The predicted octanol–water partition coefficient (Wildman–Crippen LogP) is 3.92. The van der Waals surface area contributed by atoms with E-state index in [-0.39, 0.29) is 6.54 Å². The van der Waals surface area contributed by atoms with Gasteiger partial charge < -0.3 is 15.3 Å². The topological polar surface area (TPSA) is 112 Å². The lowest BCUT2D eigenvalue weighted by atomic mass is 10.1. The number of quaternary nitrogens is 1. The molecule has 28 heavy (non-hydrogen) atoms. The summed E-state index contributed by atoms with van der Waals surface area (Å²) in [6.07, 6.45) is 16.5. The number of hydrogen-bond acceptors (Lipinski definition) is 3. The molecule has 0 aromatic rings. The van der Waals surface area contributed by atoms with E-state index in [1.807, 2.05) is 0 Å². The van der Waals surface area contributed by atoms with Crippen molar-refractivity contribution < 1.29 is 34.2 Å². The van der Waals surface area contributed by atoms with Crippen molar-refractivity contribution >= 4 is 17.9 Å². The largest absolute Gasteiger partial charge is 0.477 e. The van der Waals surface area contributed by atoms with Gasteiger partial charge in [0.05, 0.1) is 6.54 Å². The second-order valence-corrected chi connectivity index (χ2v) is 7.60. The maximum absolute atomic E-state index is 11.1. The third kappa shape index (κ3) is 15.2. The van der Waals surface area contributed by atoms with Crippen LogP contribution in [0.25, 0.3) is 0 Å². The summed E-state index contributed by atoms with van der Waals surface area (Å²) >= 11 is 0. The van der Waals surface area contributed by atoms with Gasteiger partial charge in [-0.2, -0.15) is 0 Å². The lowest BCUT2D eigenvalue weighted by Gasteiger charge is -2.34. The number of aliphatic carboxylic acids is 3. The van der Waals surface area contributed by atoms with Gasteiger partial charge in [-0.3, -0.25) is 4.48 Å². The van der Waals surface area contributed by atoms with Gasteiger partial charge in [0.2, 0.25) is 0 Å². The molecule has 0 unspecified atom stereocenters. The highest BCUT2D eigenvalue weighted by molar-refractivity contribution is 5.73. The average Bonchev–Trinajstić information content (AvgIpc) is 2.57. The highest BCUT2D eigenvalue weighted by Gasteiger charge is 2.35. The Balaban J connectivity index is 4.11. The van der Waals surface area contributed by atoms with E-state index >= 15 is 0 Å². The van der Waals surface area contributed by atoms with Crippen LogP contribution in [0.5, 0.6) is 0 Å². The van der Waals surface area contributed by atoms with E-state index in [1.165, 1.54) is 32.1 Å². The quantitative estimate of drug-likeness (QED) is 0.172. The second-order valence-electron chi connectivity index (χ2n) is 7.60. The molecule has 0 aliphatic rings. The molecule has 0 aromatic heterocycles. The molecule has 0 aliphatic heterocycles. The Labute approximate surface area is 168 Å². The zero-order chi connectivity index (χ0) is 21.3. The molecular formula is C21H38NO6+. The average molecular weight is 401 g/mol. The van der Waals surface area contributed by atoms with Gasteiger partial charge in [-0.25, -0.2) is 14.4 Å². The number of nitrogens with zero attached hydrogens (tertiary/aromatic N) is 1. The van der Waals surface area contributed by atoms with Crippen LogP contribution in [0.15, 0.2) is 12.2 Å². The number of unbranched alkanes of at least 4 members (excludes halogenated alkanes) is 9. The van der Waals surface area contributed by atoms with Gasteiger partial charge in [0, 0.05) is 0 Å². The Hall–Kier alpha value is -1.89. The maximum atomic E-state index is 11.1. The number of carboxylic acids is 3. The van der Waals surface area contributed by atoms with Crippen LogP contribution in [0.2, 0.25) is 0 Å². The second kappa shape index (κ2) is 16.1. The standard InChI is InChI=1S/C21H37NO6/c1-2-3-4-5-6-7-8-9-10-11-12-13-14-15-22(16-19(23)24,17-20(25)26)18-21(27)28/h8-9H,2-7,10-18H2,1H3,(H2-,23,24,25,26,27,28)/p+1/b9-8+. The fourth-order valence-electron chi connectivity index (χ4n) is 3.43. The molecule has 0 saturated heterocycles. The van der Waals surface area contributed by atoms with Gasteiger partial charge in [-0.15, -0.1) is 0 Å². The fraction of sp³-hybridized carbons (Fsp3) is 0.762. The monoisotopic (exact) mass is 400 g/mol. The molecule has 0 rings (SSSR count). The molecule has 0 aromatic carbocycles. The molecule has 0 atom stereocenters. The molecule has 162 valence electrons. The van der Waals surface area contributed by atoms with E-state index in [1.54, 1.807) is 0 Å². The molecule has 0 fully saturated rings. The third-order valence-electron chi connectivity index (χ3n) is 4.81. The van der Waals surface area contributed by atoms with Crippen molar-refractivity contribution in [2.24, 2.45) is 0 Å². The number of hydrogen-bond donors (Lipinski definition) is 3. The van der Waals surface area contributed by atoms with Gasteiger partial charge in [0.25, 0.3) is 0 Å². The van der Waals surface area contributed by atoms with Crippen LogP contribution in [-0.2, 0) is 14.4 Å². The van der Waals surface area contributed by atoms with E-state index in [2.05, 4.69) is 19.1 Å². The van der Waals surface area contributed by atoms with Gasteiger partial charge >= 0.3 is 17.9 Å². The summed E-state index contributed by atoms with van der Waals surface area (Å²) in [7, 11) is 0. The minimum Gasteiger partial charge on any atom is -0.477 e. The van der Waals surface area contributed by atoms with Crippen LogP contribution < -0.4 is 0 Å². The molecule has 0 spiro atoms. The Bertz CT molecular complexity index is 448. The van der Waals surface area contributed by atoms with Crippen LogP contribution in [0.4, 0.5) is 0 Å². The Kier molecular flexibility index (Phi) is 15.0. The van der Waals surface area contributed by atoms with Crippen molar-refractivity contribution in [3.63, 3.8) is 0 Å². The van der Waals surface area contributed by atoms with Crippen molar-refractivity contribution in [2.75, 3.05) is 26.2 Å². The van der Waals surface area contributed by atoms with Crippen molar-refractivity contribution in [3.8, 4) is 0 Å². The SMILES string of the molecule is CCCCCCC/C=C/CCCCCC[N+](CC(=O)O)(CC(=O)O)CC(=O)O. The van der Waals surface area contributed by atoms with Gasteiger partial charge in [0.1, 0.15) is 0 Å². The van der Waals surface area contributed by atoms with E-state index in [4.69, 9.17) is 15.3 Å². The van der Waals surface area contributed by atoms with Crippen LogP contribution in [0.1, 0.15) is 77.6 Å². The Morgan fingerprint density at radius 2 is 1.04 bits per heavy atom. The Morgan fingerprint density at radius 3 is 1.43 bits per heavy atom. The van der Waals surface area contributed by atoms with Gasteiger partial charge in [-0.1, -0.05) is 51.2 Å². The first-order valence-corrected chi connectivity index (χ1v) is 10.5. The van der Waals surface area contributed by atoms with E-state index < -0.39 is 42.0 Å². The summed E-state index contributed by atoms with van der Waals surface area (Å²) in [5.74, 6) is -3.54. The zero-order valence-electron chi connectivity index (χ0n) is 17.3. The lowest BCUT2D eigenvalue weighted by Crippen LogP contribution is -2.57. The molecule has 7 nitrogen and oxygen atoms in total. The van der Waals surface area contributed by atoms with E-state index in [0.717, 1.165) is 32.1 Å². The summed E-state index contributed by atoms with van der Waals surface area (Å²) in [5, 5.41) is 27.2. The maximum Gasteiger partial charge on any atom is 0.359 e. The van der Waals surface area contributed by atoms with Crippen LogP contribution >= 0.6 is 0 Å². The van der Waals surface area contributed by atoms with Gasteiger partial charge in [0.15, 0.2) is 19.6 Å². The van der Waals surface area contributed by atoms with Crippen LogP contribution in [0, 0.1) is 0 Å². The highest BCUT2D eigenvalue weighted by atomic mass is 16.4. The van der Waals surface area contributed by atoms with E-state index in [0.29, 0.717) is 6.42 Å². The smallest absolute Gasteiger partial charge is 0.359 e. The molecule has 0 bridgehead atoms. The van der Waals surface area contributed by atoms with Crippen LogP contribution in [0.3, 0.4) is 0 Å². The normalized spacial score (nSPS) is 11.8. The van der Waals surface area contributed by atoms with Crippen LogP contribution in [-0.4, -0.2) is 63.9 Å². The molecular weight excluding hydrogens is 362 g/mol. The molecule has 0 radical (unpaired) electrons. The summed E-state index contributed by atoms with van der Waals surface area (Å²) < 4.78 is -0.446. The zero-order valence-corrected chi connectivity index (χ0v) is 17.3. The summed E-state index contributed by atoms with van der Waals surface area (Å²) in [4.78, 5) is 33.3. The molecule has 3 N–H and O–H groups in total.